The lowest BCUT2D eigenvalue weighted by Crippen LogP contribution is -2.51. The molecule has 0 aliphatic carbocycles. The molecule has 122 valence electrons. The van der Waals surface area contributed by atoms with Crippen LogP contribution in [0.25, 0.3) is 0 Å². The van der Waals surface area contributed by atoms with E-state index in [1.54, 1.807) is 0 Å². The van der Waals surface area contributed by atoms with Gasteiger partial charge in [0.2, 0.25) is 0 Å². The van der Waals surface area contributed by atoms with Crippen molar-refractivity contribution < 1.29 is 24.4 Å². The number of carbonyl (C=O) groups is 1. The fraction of sp³-hybridized carbons (Fsp3) is 0.938. The molecule has 0 saturated carbocycles. The molecule has 2 rings (SSSR count). The number of rotatable bonds is 8. The summed E-state index contributed by atoms with van der Waals surface area (Å²) in [6.45, 7) is 4.27. The lowest BCUT2D eigenvalue weighted by molar-refractivity contribution is -0.428. The first kappa shape index (κ1) is 16.7. The van der Waals surface area contributed by atoms with Crippen molar-refractivity contribution in [2.75, 3.05) is 6.61 Å². The molecule has 21 heavy (non-hydrogen) atoms. The molecule has 0 bridgehead atoms. The van der Waals surface area contributed by atoms with E-state index in [4.69, 9.17) is 19.6 Å². The van der Waals surface area contributed by atoms with Gasteiger partial charge in [-0.1, -0.05) is 32.1 Å². The maximum Gasteiger partial charge on any atom is 0.309 e. The third-order valence-electron chi connectivity index (χ3n) is 4.58. The summed E-state index contributed by atoms with van der Waals surface area (Å²) in [5.41, 5.74) is -0.911. The van der Waals surface area contributed by atoms with E-state index in [0.29, 0.717) is 13.0 Å². The molecular formula is C16H28O5. The smallest absolute Gasteiger partial charge is 0.309 e. The van der Waals surface area contributed by atoms with Gasteiger partial charge in [0.1, 0.15) is 17.3 Å². The number of ether oxygens (including phenoxy) is 1. The Balaban J connectivity index is 1.69. The lowest BCUT2D eigenvalue weighted by Gasteiger charge is -2.43. The van der Waals surface area contributed by atoms with Crippen molar-refractivity contribution in [3.8, 4) is 0 Å². The van der Waals surface area contributed by atoms with Gasteiger partial charge < -0.3 is 9.84 Å². The number of aliphatic hydroxyl groups excluding tert-OH is 1. The van der Waals surface area contributed by atoms with Gasteiger partial charge in [-0.15, -0.1) is 0 Å². The Hall–Kier alpha value is -0.650. The molecule has 2 heterocycles. The second-order valence-corrected chi connectivity index (χ2v) is 6.88. The summed E-state index contributed by atoms with van der Waals surface area (Å²) >= 11 is 0. The monoisotopic (exact) mass is 300 g/mol. The number of aliphatic hydroxyl groups is 1. The van der Waals surface area contributed by atoms with Crippen LogP contribution >= 0.6 is 0 Å². The van der Waals surface area contributed by atoms with Gasteiger partial charge in [0.05, 0.1) is 6.42 Å². The highest BCUT2D eigenvalue weighted by molar-refractivity contribution is 5.73. The van der Waals surface area contributed by atoms with Gasteiger partial charge in [-0.05, 0) is 26.7 Å². The topological polar surface area (TPSA) is 65.0 Å². The maximum atomic E-state index is 11.4. The predicted molar refractivity (Wildman–Crippen MR) is 77.5 cm³/mol. The number of esters is 1. The molecular weight excluding hydrogens is 272 g/mol. The molecule has 5 nitrogen and oxygen atoms in total. The van der Waals surface area contributed by atoms with E-state index in [2.05, 4.69) is 0 Å². The number of hydrogen-bond acceptors (Lipinski definition) is 5. The minimum absolute atomic E-state index is 0.195. The van der Waals surface area contributed by atoms with Gasteiger partial charge >= 0.3 is 5.97 Å². The van der Waals surface area contributed by atoms with E-state index in [1.165, 1.54) is 12.8 Å². The normalized spacial score (nSPS) is 35.6. The Labute approximate surface area is 126 Å². The molecule has 3 atom stereocenters. The van der Waals surface area contributed by atoms with E-state index in [1.807, 2.05) is 13.8 Å². The standard InChI is InChI=1S/C16H28O5/c1-15(9-7-5-3-4-6-8-10-17)12-16(2)13(20-21-15)11-14(18)19-16/h13,17H,3-12H2,1-2H3/t13-,15+,16-/m1/s1. The van der Waals surface area contributed by atoms with Gasteiger partial charge in [0, 0.05) is 13.0 Å². The summed E-state index contributed by atoms with van der Waals surface area (Å²) in [6.07, 6.45) is 8.22. The van der Waals surface area contributed by atoms with Crippen LogP contribution in [0.15, 0.2) is 0 Å². The average molecular weight is 300 g/mol. The Kier molecular flexibility index (Phi) is 5.63. The summed E-state index contributed by atoms with van der Waals surface area (Å²) in [5, 5.41) is 8.72. The Morgan fingerprint density at radius 1 is 1.14 bits per heavy atom. The molecule has 5 heteroatoms. The number of fused-ring (bicyclic) bond motifs is 1. The van der Waals surface area contributed by atoms with Crippen molar-refractivity contribution in [2.45, 2.75) is 88.9 Å². The van der Waals surface area contributed by atoms with Gasteiger partial charge in [-0.2, -0.15) is 0 Å². The Morgan fingerprint density at radius 3 is 2.52 bits per heavy atom. The second-order valence-electron chi connectivity index (χ2n) is 6.88. The average Bonchev–Trinajstić information content (AvgIpc) is 2.70. The van der Waals surface area contributed by atoms with Crippen LogP contribution in [-0.4, -0.2) is 35.0 Å². The summed E-state index contributed by atoms with van der Waals surface area (Å²) < 4.78 is 5.45. The van der Waals surface area contributed by atoms with Crippen molar-refractivity contribution >= 4 is 5.97 Å². The highest BCUT2D eigenvalue weighted by Gasteiger charge is 2.55. The molecule has 1 N–H and O–H groups in total. The molecule has 0 amide bonds. The molecule has 2 aliphatic rings. The van der Waals surface area contributed by atoms with Crippen LogP contribution in [-0.2, 0) is 19.3 Å². The maximum absolute atomic E-state index is 11.4. The summed E-state index contributed by atoms with van der Waals surface area (Å²) in [4.78, 5) is 22.4. The third kappa shape index (κ3) is 4.41. The van der Waals surface area contributed by atoms with E-state index < -0.39 is 5.60 Å². The molecule has 2 fully saturated rings. The van der Waals surface area contributed by atoms with Crippen LogP contribution in [0.2, 0.25) is 0 Å². The zero-order valence-electron chi connectivity index (χ0n) is 13.2. The Bertz CT molecular complexity index is 359. The van der Waals surface area contributed by atoms with E-state index in [-0.39, 0.29) is 24.1 Å². The molecule has 0 unspecified atom stereocenters. The SMILES string of the molecule is C[C@]1(CCCCCCCCO)C[C@@]2(C)OC(=O)C[C@H]2OO1. The molecule has 2 saturated heterocycles. The zero-order valence-corrected chi connectivity index (χ0v) is 13.2. The van der Waals surface area contributed by atoms with Crippen molar-refractivity contribution in [1.82, 2.24) is 0 Å². The van der Waals surface area contributed by atoms with Crippen molar-refractivity contribution in [3.05, 3.63) is 0 Å². The summed E-state index contributed by atoms with van der Waals surface area (Å²) in [7, 11) is 0. The van der Waals surface area contributed by atoms with E-state index in [0.717, 1.165) is 32.1 Å². The number of unbranched alkanes of at least 4 members (excludes halogenated alkanes) is 5. The molecule has 2 aliphatic heterocycles. The number of carbonyl (C=O) groups excluding carboxylic acids is 1. The minimum atomic E-state index is -0.536. The van der Waals surface area contributed by atoms with E-state index >= 15 is 0 Å². The van der Waals surface area contributed by atoms with Gasteiger partial charge in [0.15, 0.2) is 0 Å². The van der Waals surface area contributed by atoms with Crippen LogP contribution in [0.1, 0.15) is 71.6 Å². The lowest BCUT2D eigenvalue weighted by atomic mass is 9.82. The van der Waals surface area contributed by atoms with Crippen LogP contribution in [0.4, 0.5) is 0 Å². The van der Waals surface area contributed by atoms with Gasteiger partial charge in [-0.3, -0.25) is 4.79 Å². The molecule has 0 aromatic heterocycles. The van der Waals surface area contributed by atoms with E-state index in [9.17, 15) is 4.79 Å². The molecule has 0 aromatic rings. The molecule has 0 spiro atoms. The molecule has 0 aromatic carbocycles. The third-order valence-corrected chi connectivity index (χ3v) is 4.58. The Morgan fingerprint density at radius 2 is 1.81 bits per heavy atom. The highest BCUT2D eigenvalue weighted by atomic mass is 17.2. The first-order valence-electron chi connectivity index (χ1n) is 8.15. The quantitative estimate of drug-likeness (QED) is 0.424. The van der Waals surface area contributed by atoms with Crippen LogP contribution in [0.3, 0.4) is 0 Å². The van der Waals surface area contributed by atoms with Crippen LogP contribution in [0, 0.1) is 0 Å². The number of hydrogen-bond donors (Lipinski definition) is 1. The fourth-order valence-corrected chi connectivity index (χ4v) is 3.41. The van der Waals surface area contributed by atoms with Crippen molar-refractivity contribution in [2.24, 2.45) is 0 Å². The molecule has 0 radical (unpaired) electrons. The van der Waals surface area contributed by atoms with Crippen LogP contribution in [0.5, 0.6) is 0 Å². The van der Waals surface area contributed by atoms with Gasteiger partial charge in [-0.25, -0.2) is 9.78 Å². The summed E-state index contributed by atoms with van der Waals surface area (Å²) in [5.74, 6) is -0.195. The second kappa shape index (κ2) is 7.07. The minimum Gasteiger partial charge on any atom is -0.456 e. The van der Waals surface area contributed by atoms with Crippen molar-refractivity contribution in [3.63, 3.8) is 0 Å². The highest BCUT2D eigenvalue weighted by Crippen LogP contribution is 2.44. The van der Waals surface area contributed by atoms with Gasteiger partial charge in [0.25, 0.3) is 0 Å². The zero-order chi connectivity index (χ0) is 15.3. The van der Waals surface area contributed by atoms with Crippen molar-refractivity contribution in [1.29, 1.82) is 0 Å². The largest absolute Gasteiger partial charge is 0.456 e. The predicted octanol–water partition coefficient (Wildman–Crippen LogP) is 2.89. The first-order chi connectivity index (χ1) is 9.97. The summed E-state index contributed by atoms with van der Waals surface area (Å²) in [6, 6.07) is 0. The first-order valence-corrected chi connectivity index (χ1v) is 8.15. The van der Waals surface area contributed by atoms with Crippen LogP contribution < -0.4 is 0 Å². The fourth-order valence-electron chi connectivity index (χ4n) is 3.41.